The number of aromatic nitrogens is 2. The second-order valence-electron chi connectivity index (χ2n) is 6.70. The summed E-state index contributed by atoms with van der Waals surface area (Å²) in [6.45, 7) is 4.12. The fraction of sp³-hybridized carbons (Fsp3) is 0.286. The van der Waals surface area contributed by atoms with Crippen LogP contribution in [0.15, 0.2) is 52.9 Å². The zero-order valence-corrected chi connectivity index (χ0v) is 17.4. The SMILES string of the molecule is Cc1nc(CSc2ccccc2C(=O)Nc2ccc(N3CCCC3)nc2)cs1. The lowest BCUT2D eigenvalue weighted by Gasteiger charge is -2.16. The van der Waals surface area contributed by atoms with E-state index in [0.717, 1.165) is 40.3 Å². The van der Waals surface area contributed by atoms with Gasteiger partial charge in [-0.2, -0.15) is 0 Å². The number of hydrogen-bond donors (Lipinski definition) is 1. The lowest BCUT2D eigenvalue weighted by molar-refractivity contribution is 0.102. The van der Waals surface area contributed by atoms with Gasteiger partial charge in [0.25, 0.3) is 5.91 Å². The van der Waals surface area contributed by atoms with E-state index < -0.39 is 0 Å². The molecule has 5 nitrogen and oxygen atoms in total. The Balaban J connectivity index is 1.42. The number of rotatable bonds is 6. The summed E-state index contributed by atoms with van der Waals surface area (Å²) in [5.41, 5.74) is 2.43. The van der Waals surface area contributed by atoms with Crippen LogP contribution in [0.4, 0.5) is 11.5 Å². The Kier molecular flexibility index (Phi) is 5.92. The van der Waals surface area contributed by atoms with E-state index in [0.29, 0.717) is 11.3 Å². The zero-order valence-electron chi connectivity index (χ0n) is 15.7. The number of amides is 1. The lowest BCUT2D eigenvalue weighted by Crippen LogP contribution is -2.19. The van der Waals surface area contributed by atoms with Gasteiger partial charge in [0.15, 0.2) is 0 Å². The van der Waals surface area contributed by atoms with Crippen LogP contribution in [0.5, 0.6) is 0 Å². The molecule has 0 spiro atoms. The van der Waals surface area contributed by atoms with Crippen molar-refractivity contribution < 1.29 is 4.79 Å². The van der Waals surface area contributed by atoms with Crippen LogP contribution in [-0.4, -0.2) is 29.0 Å². The molecule has 0 aliphatic carbocycles. The molecule has 3 heterocycles. The predicted molar refractivity (Wildman–Crippen MR) is 116 cm³/mol. The maximum atomic E-state index is 12.8. The molecule has 1 N–H and O–H groups in total. The van der Waals surface area contributed by atoms with Crippen molar-refractivity contribution in [1.29, 1.82) is 0 Å². The van der Waals surface area contributed by atoms with Crippen LogP contribution >= 0.6 is 23.1 Å². The maximum Gasteiger partial charge on any atom is 0.256 e. The quantitative estimate of drug-likeness (QED) is 0.580. The number of carbonyl (C=O) groups is 1. The Morgan fingerprint density at radius 2 is 2.04 bits per heavy atom. The van der Waals surface area contributed by atoms with Crippen molar-refractivity contribution in [3.05, 3.63) is 64.2 Å². The molecule has 1 aliphatic heterocycles. The molecular formula is C21H22N4OS2. The van der Waals surface area contributed by atoms with Crippen LogP contribution in [0.2, 0.25) is 0 Å². The number of thiazole rings is 1. The van der Waals surface area contributed by atoms with Gasteiger partial charge in [0.2, 0.25) is 0 Å². The van der Waals surface area contributed by atoms with E-state index in [2.05, 4.69) is 25.6 Å². The van der Waals surface area contributed by atoms with Crippen LogP contribution in [0.25, 0.3) is 0 Å². The highest BCUT2D eigenvalue weighted by atomic mass is 32.2. The van der Waals surface area contributed by atoms with Crippen LogP contribution < -0.4 is 10.2 Å². The average Bonchev–Trinajstić information content (AvgIpc) is 3.39. The Morgan fingerprint density at radius 3 is 2.75 bits per heavy atom. The van der Waals surface area contributed by atoms with Gasteiger partial charge in [-0.1, -0.05) is 12.1 Å². The number of anilines is 2. The van der Waals surface area contributed by atoms with Crippen LogP contribution in [0.3, 0.4) is 0 Å². The van der Waals surface area contributed by atoms with Gasteiger partial charge in [0.1, 0.15) is 5.82 Å². The molecule has 0 unspecified atom stereocenters. The summed E-state index contributed by atoms with van der Waals surface area (Å²) in [4.78, 5) is 25.0. The lowest BCUT2D eigenvalue weighted by atomic mass is 10.2. The largest absolute Gasteiger partial charge is 0.357 e. The monoisotopic (exact) mass is 410 g/mol. The van der Waals surface area contributed by atoms with Crippen molar-refractivity contribution >= 4 is 40.5 Å². The van der Waals surface area contributed by atoms with Gasteiger partial charge >= 0.3 is 0 Å². The summed E-state index contributed by atoms with van der Waals surface area (Å²) in [5, 5.41) is 6.10. The minimum absolute atomic E-state index is 0.117. The average molecular weight is 411 g/mol. The van der Waals surface area contributed by atoms with E-state index in [9.17, 15) is 4.79 Å². The standard InChI is InChI=1S/C21H22N4OS2/c1-15-23-17(13-27-15)14-28-19-7-3-2-6-18(19)21(26)24-16-8-9-20(22-12-16)25-10-4-5-11-25/h2-3,6-9,12-13H,4-5,10-11,14H2,1H3,(H,24,26). The van der Waals surface area contributed by atoms with Crippen molar-refractivity contribution in [1.82, 2.24) is 9.97 Å². The van der Waals surface area contributed by atoms with Crippen molar-refractivity contribution in [3.8, 4) is 0 Å². The zero-order chi connectivity index (χ0) is 19.3. The molecule has 3 aromatic rings. The molecule has 28 heavy (non-hydrogen) atoms. The molecule has 1 fully saturated rings. The minimum Gasteiger partial charge on any atom is -0.357 e. The number of nitrogens with zero attached hydrogens (tertiary/aromatic N) is 3. The topological polar surface area (TPSA) is 58.1 Å². The van der Waals surface area contributed by atoms with Gasteiger partial charge in [-0.3, -0.25) is 4.79 Å². The molecule has 7 heteroatoms. The number of benzene rings is 1. The number of pyridine rings is 1. The summed E-state index contributed by atoms with van der Waals surface area (Å²) >= 11 is 3.28. The second kappa shape index (κ2) is 8.75. The highest BCUT2D eigenvalue weighted by molar-refractivity contribution is 7.98. The fourth-order valence-electron chi connectivity index (χ4n) is 3.20. The summed E-state index contributed by atoms with van der Waals surface area (Å²) < 4.78 is 0. The molecule has 0 bridgehead atoms. The Morgan fingerprint density at radius 1 is 1.21 bits per heavy atom. The van der Waals surface area contributed by atoms with Crippen LogP contribution in [0.1, 0.15) is 33.9 Å². The molecule has 0 atom stereocenters. The Hall–Kier alpha value is -2.38. The summed E-state index contributed by atoms with van der Waals surface area (Å²) in [6, 6.07) is 11.6. The first-order chi connectivity index (χ1) is 13.7. The van der Waals surface area contributed by atoms with Gasteiger partial charge < -0.3 is 10.2 Å². The Labute approximate surface area is 173 Å². The van der Waals surface area contributed by atoms with E-state index in [-0.39, 0.29) is 5.91 Å². The number of nitrogens with one attached hydrogen (secondary N) is 1. The molecule has 0 saturated carbocycles. The summed E-state index contributed by atoms with van der Waals surface area (Å²) in [6.07, 6.45) is 4.17. The van der Waals surface area contributed by atoms with Crippen molar-refractivity contribution in [2.24, 2.45) is 0 Å². The first kappa shape index (κ1) is 19.0. The minimum atomic E-state index is -0.117. The van der Waals surface area contributed by atoms with E-state index in [1.165, 1.54) is 12.8 Å². The van der Waals surface area contributed by atoms with Gasteiger partial charge in [-0.05, 0) is 44.0 Å². The van der Waals surface area contributed by atoms with E-state index in [1.807, 2.05) is 43.3 Å². The highest BCUT2D eigenvalue weighted by Gasteiger charge is 2.15. The summed E-state index contributed by atoms with van der Waals surface area (Å²) in [5.74, 6) is 1.61. The van der Waals surface area contributed by atoms with Gasteiger partial charge in [-0.15, -0.1) is 23.1 Å². The van der Waals surface area contributed by atoms with Crippen LogP contribution in [-0.2, 0) is 5.75 Å². The first-order valence-corrected chi connectivity index (χ1v) is 11.2. The smallest absolute Gasteiger partial charge is 0.256 e. The van der Waals surface area contributed by atoms with Crippen molar-refractivity contribution in [2.75, 3.05) is 23.3 Å². The molecule has 1 aromatic carbocycles. The second-order valence-corrected chi connectivity index (χ2v) is 8.78. The third-order valence-corrected chi connectivity index (χ3v) is 6.54. The fourth-order valence-corrected chi connectivity index (χ4v) is 4.86. The predicted octanol–water partition coefficient (Wildman–Crippen LogP) is 4.99. The number of hydrogen-bond acceptors (Lipinski definition) is 6. The molecule has 1 amide bonds. The Bertz CT molecular complexity index is 949. The molecule has 4 rings (SSSR count). The van der Waals surface area contributed by atoms with E-state index >= 15 is 0 Å². The van der Waals surface area contributed by atoms with Gasteiger partial charge in [0, 0.05) is 29.1 Å². The number of thioether (sulfide) groups is 1. The maximum absolute atomic E-state index is 12.8. The van der Waals surface area contributed by atoms with E-state index in [1.54, 1.807) is 29.3 Å². The van der Waals surface area contributed by atoms with Gasteiger partial charge in [0.05, 0.1) is 28.1 Å². The number of carbonyl (C=O) groups excluding carboxylic acids is 1. The molecule has 1 aliphatic rings. The van der Waals surface area contributed by atoms with E-state index in [4.69, 9.17) is 0 Å². The first-order valence-electron chi connectivity index (χ1n) is 9.34. The van der Waals surface area contributed by atoms with Crippen molar-refractivity contribution in [3.63, 3.8) is 0 Å². The third kappa shape index (κ3) is 4.54. The molecule has 0 radical (unpaired) electrons. The molecule has 2 aromatic heterocycles. The number of aryl methyl sites for hydroxylation is 1. The molecular weight excluding hydrogens is 388 g/mol. The molecule has 144 valence electrons. The van der Waals surface area contributed by atoms with Gasteiger partial charge in [-0.25, -0.2) is 9.97 Å². The highest BCUT2D eigenvalue weighted by Crippen LogP contribution is 2.27. The van der Waals surface area contributed by atoms with Crippen molar-refractivity contribution in [2.45, 2.75) is 30.4 Å². The van der Waals surface area contributed by atoms with Crippen LogP contribution in [0, 0.1) is 6.92 Å². The molecule has 1 saturated heterocycles. The summed E-state index contributed by atoms with van der Waals surface area (Å²) in [7, 11) is 0. The normalized spacial score (nSPS) is 13.7. The third-order valence-electron chi connectivity index (χ3n) is 4.61.